The number of hydrogen-bond donors (Lipinski definition) is 1. The first-order valence-corrected chi connectivity index (χ1v) is 9.51. The molecule has 0 aromatic heterocycles. The molecular weight excluding hydrogens is 359 g/mol. The van der Waals surface area contributed by atoms with Gasteiger partial charge in [-0.25, -0.2) is 4.39 Å². The van der Waals surface area contributed by atoms with Crippen LogP contribution < -0.4 is 14.8 Å². The summed E-state index contributed by atoms with van der Waals surface area (Å²) in [6.07, 6.45) is 2.09. The van der Waals surface area contributed by atoms with Crippen LogP contribution in [0.2, 0.25) is 0 Å². The van der Waals surface area contributed by atoms with E-state index in [9.17, 15) is 9.18 Å². The summed E-state index contributed by atoms with van der Waals surface area (Å²) in [5.74, 6) is 0.967. The highest BCUT2D eigenvalue weighted by Crippen LogP contribution is 2.34. The third-order valence-corrected chi connectivity index (χ3v) is 5.13. The largest absolute Gasteiger partial charge is 0.493 e. The third-order valence-electron chi connectivity index (χ3n) is 5.13. The fourth-order valence-electron chi connectivity index (χ4n) is 3.39. The molecule has 2 aromatic rings. The Morgan fingerprint density at radius 2 is 1.89 bits per heavy atom. The first-order chi connectivity index (χ1) is 13.5. The maximum atomic E-state index is 14.2. The van der Waals surface area contributed by atoms with E-state index in [-0.39, 0.29) is 24.3 Å². The van der Waals surface area contributed by atoms with Gasteiger partial charge in [0.1, 0.15) is 5.82 Å². The van der Waals surface area contributed by atoms with Crippen LogP contribution in [-0.2, 0) is 11.3 Å². The maximum Gasteiger partial charge on any atom is 0.234 e. The third kappa shape index (κ3) is 4.81. The zero-order valence-electron chi connectivity index (χ0n) is 16.6. The first-order valence-electron chi connectivity index (χ1n) is 9.51. The van der Waals surface area contributed by atoms with Gasteiger partial charge in [0.2, 0.25) is 5.91 Å². The lowest BCUT2D eigenvalue weighted by atomic mass is 10.1. The van der Waals surface area contributed by atoms with Gasteiger partial charge in [0.15, 0.2) is 11.5 Å². The summed E-state index contributed by atoms with van der Waals surface area (Å²) >= 11 is 0. The number of halogens is 1. The molecule has 1 N–H and O–H groups in total. The summed E-state index contributed by atoms with van der Waals surface area (Å²) in [7, 11) is 3.17. The lowest BCUT2D eigenvalue weighted by Gasteiger charge is -2.29. The molecule has 1 saturated carbocycles. The second-order valence-corrected chi connectivity index (χ2v) is 7.07. The molecule has 0 bridgehead atoms. The highest BCUT2D eigenvalue weighted by atomic mass is 19.1. The summed E-state index contributed by atoms with van der Waals surface area (Å²) < 4.78 is 24.7. The van der Waals surface area contributed by atoms with Crippen molar-refractivity contribution in [2.24, 2.45) is 0 Å². The van der Waals surface area contributed by atoms with E-state index in [0.717, 1.165) is 18.4 Å². The van der Waals surface area contributed by atoms with Gasteiger partial charge in [-0.2, -0.15) is 0 Å². The molecule has 0 heterocycles. The van der Waals surface area contributed by atoms with Crippen LogP contribution in [0.1, 0.15) is 36.9 Å². The minimum absolute atomic E-state index is 0.0788. The van der Waals surface area contributed by atoms with E-state index in [1.807, 2.05) is 31.2 Å². The second kappa shape index (κ2) is 9.06. The van der Waals surface area contributed by atoms with Crippen molar-refractivity contribution in [1.82, 2.24) is 10.2 Å². The van der Waals surface area contributed by atoms with Crippen molar-refractivity contribution in [3.63, 3.8) is 0 Å². The summed E-state index contributed by atoms with van der Waals surface area (Å²) in [4.78, 5) is 14.6. The fraction of sp³-hybridized carbons (Fsp3) is 0.409. The van der Waals surface area contributed by atoms with Crippen molar-refractivity contribution in [3.8, 4) is 11.5 Å². The van der Waals surface area contributed by atoms with Crippen molar-refractivity contribution >= 4 is 5.91 Å². The number of benzene rings is 2. The average molecular weight is 386 g/mol. The zero-order valence-corrected chi connectivity index (χ0v) is 16.6. The molecule has 3 rings (SSSR count). The zero-order chi connectivity index (χ0) is 20.1. The standard InChI is InChI=1S/C22H27FN2O3/c1-15(18-6-4-5-7-19(18)23)25(17-9-10-17)14-22(26)24-13-16-8-11-20(27-2)21(12-16)28-3/h4-8,11-12,15,17H,9-10,13-14H2,1-3H3,(H,24,26). The van der Waals surface area contributed by atoms with Gasteiger partial charge in [0.05, 0.1) is 20.8 Å². The highest BCUT2D eigenvalue weighted by Gasteiger charge is 2.34. The number of rotatable bonds is 9. The number of ether oxygens (including phenoxy) is 2. The Labute approximate surface area is 165 Å². The molecule has 1 aliphatic rings. The van der Waals surface area contributed by atoms with Crippen LogP contribution >= 0.6 is 0 Å². The molecule has 1 unspecified atom stereocenters. The number of carbonyl (C=O) groups is 1. The van der Waals surface area contributed by atoms with Gasteiger partial charge in [0.25, 0.3) is 0 Å². The Morgan fingerprint density at radius 3 is 2.54 bits per heavy atom. The number of methoxy groups -OCH3 is 2. The van der Waals surface area contributed by atoms with E-state index in [1.54, 1.807) is 26.4 Å². The highest BCUT2D eigenvalue weighted by molar-refractivity contribution is 5.78. The molecule has 0 aliphatic heterocycles. The summed E-state index contributed by atoms with van der Waals surface area (Å²) in [5, 5.41) is 2.95. The van der Waals surface area contributed by atoms with Gasteiger partial charge >= 0.3 is 0 Å². The minimum atomic E-state index is -0.230. The van der Waals surface area contributed by atoms with Crippen LogP contribution in [0.5, 0.6) is 11.5 Å². The number of hydrogen-bond acceptors (Lipinski definition) is 4. The van der Waals surface area contributed by atoms with E-state index in [0.29, 0.717) is 29.6 Å². The quantitative estimate of drug-likeness (QED) is 0.714. The second-order valence-electron chi connectivity index (χ2n) is 7.07. The van der Waals surface area contributed by atoms with Crippen molar-refractivity contribution in [1.29, 1.82) is 0 Å². The molecule has 1 fully saturated rings. The lowest BCUT2D eigenvalue weighted by Crippen LogP contribution is -2.39. The Kier molecular flexibility index (Phi) is 6.52. The predicted molar refractivity (Wildman–Crippen MR) is 106 cm³/mol. The summed E-state index contributed by atoms with van der Waals surface area (Å²) in [6, 6.07) is 12.5. The van der Waals surface area contributed by atoms with Gasteiger partial charge in [-0.05, 0) is 43.5 Å². The molecule has 2 aromatic carbocycles. The van der Waals surface area contributed by atoms with Crippen LogP contribution in [0.15, 0.2) is 42.5 Å². The normalized spacial score (nSPS) is 14.6. The van der Waals surface area contributed by atoms with Crippen LogP contribution in [0.4, 0.5) is 4.39 Å². The van der Waals surface area contributed by atoms with Crippen LogP contribution in [0.3, 0.4) is 0 Å². The van der Waals surface area contributed by atoms with Gasteiger partial charge in [-0.15, -0.1) is 0 Å². The molecule has 1 atom stereocenters. The van der Waals surface area contributed by atoms with Gasteiger partial charge < -0.3 is 14.8 Å². The summed E-state index contributed by atoms with van der Waals surface area (Å²) in [6.45, 7) is 2.59. The Bertz CT molecular complexity index is 823. The van der Waals surface area contributed by atoms with Crippen molar-refractivity contribution < 1.29 is 18.7 Å². The molecular formula is C22H27FN2O3. The van der Waals surface area contributed by atoms with Crippen molar-refractivity contribution in [2.75, 3.05) is 20.8 Å². The molecule has 1 aliphatic carbocycles. The van der Waals surface area contributed by atoms with Crippen LogP contribution in [-0.4, -0.2) is 37.6 Å². The number of nitrogens with zero attached hydrogens (tertiary/aromatic N) is 1. The molecule has 0 spiro atoms. The van der Waals surface area contributed by atoms with Crippen molar-refractivity contribution in [3.05, 3.63) is 59.4 Å². The molecule has 1 amide bonds. The smallest absolute Gasteiger partial charge is 0.234 e. The monoisotopic (exact) mass is 386 g/mol. The lowest BCUT2D eigenvalue weighted by molar-refractivity contribution is -0.123. The number of nitrogens with one attached hydrogen (secondary N) is 1. The topological polar surface area (TPSA) is 50.8 Å². The van der Waals surface area contributed by atoms with E-state index in [1.165, 1.54) is 6.07 Å². The Balaban J connectivity index is 1.62. The fourth-order valence-corrected chi connectivity index (χ4v) is 3.39. The van der Waals surface area contributed by atoms with Gasteiger partial charge in [-0.3, -0.25) is 9.69 Å². The SMILES string of the molecule is COc1ccc(CNC(=O)CN(C2CC2)C(C)c2ccccc2F)cc1OC. The van der Waals surface area contributed by atoms with Gasteiger partial charge in [0, 0.05) is 24.2 Å². The number of amides is 1. The molecule has 0 saturated heterocycles. The average Bonchev–Trinajstić information content (AvgIpc) is 3.55. The van der Waals surface area contributed by atoms with Crippen LogP contribution in [0, 0.1) is 5.82 Å². The van der Waals surface area contributed by atoms with Crippen molar-refractivity contribution in [2.45, 2.75) is 38.4 Å². The van der Waals surface area contributed by atoms with E-state index in [2.05, 4.69) is 10.2 Å². The minimum Gasteiger partial charge on any atom is -0.493 e. The molecule has 0 radical (unpaired) electrons. The Morgan fingerprint density at radius 1 is 1.18 bits per heavy atom. The first kappa shape index (κ1) is 20.1. The summed E-state index contributed by atoms with van der Waals surface area (Å²) in [5.41, 5.74) is 1.55. The number of carbonyl (C=O) groups excluding carboxylic acids is 1. The van der Waals surface area contributed by atoms with E-state index in [4.69, 9.17) is 9.47 Å². The van der Waals surface area contributed by atoms with Gasteiger partial charge in [-0.1, -0.05) is 24.3 Å². The van der Waals surface area contributed by atoms with E-state index < -0.39 is 0 Å². The van der Waals surface area contributed by atoms with E-state index >= 15 is 0 Å². The predicted octanol–water partition coefficient (Wildman–Crippen LogP) is 3.68. The molecule has 150 valence electrons. The maximum absolute atomic E-state index is 14.2. The molecule has 6 heteroatoms. The van der Waals surface area contributed by atoms with Crippen LogP contribution in [0.25, 0.3) is 0 Å². The molecule has 5 nitrogen and oxygen atoms in total. The molecule has 28 heavy (non-hydrogen) atoms. The Hall–Kier alpha value is -2.60.